The maximum absolute atomic E-state index is 12.8. The van der Waals surface area contributed by atoms with Crippen molar-refractivity contribution in [1.82, 2.24) is 9.21 Å². The Morgan fingerprint density at radius 2 is 1.85 bits per heavy atom. The summed E-state index contributed by atoms with van der Waals surface area (Å²) in [7, 11) is -3.73. The van der Waals surface area contributed by atoms with Gasteiger partial charge < -0.3 is 4.90 Å². The number of sulfonamides is 1. The summed E-state index contributed by atoms with van der Waals surface area (Å²) in [4.78, 5) is 15.4. The molecule has 2 aromatic rings. The minimum absolute atomic E-state index is 0.00684. The molecule has 27 heavy (non-hydrogen) atoms. The van der Waals surface area contributed by atoms with E-state index in [-0.39, 0.29) is 28.9 Å². The smallest absolute Gasteiger partial charge is 0.244 e. The summed E-state index contributed by atoms with van der Waals surface area (Å²) in [6.07, 6.45) is 2.17. The first-order chi connectivity index (χ1) is 12.9. The standard InChI is InChI=1S/C18H20Cl2N2O3S2/c19-14-6-7-16(20)17(13-14)27(24,25)22-10-8-21(9-11-22)18(23)5-1-3-15-4-2-12-26-15/h2,4,6-7,12-13H,1,3,5,8-11H2. The van der Waals surface area contributed by atoms with E-state index in [0.717, 1.165) is 12.8 Å². The summed E-state index contributed by atoms with van der Waals surface area (Å²) in [6, 6.07) is 8.47. The molecule has 0 unspecified atom stereocenters. The first-order valence-corrected chi connectivity index (χ1v) is 11.7. The molecule has 1 aliphatic rings. The third-order valence-corrected chi connectivity index (χ3v) is 8.05. The number of carbonyl (C=O) groups excluding carboxylic acids is 1. The van der Waals surface area contributed by atoms with Crippen LogP contribution < -0.4 is 0 Å². The fourth-order valence-corrected chi connectivity index (χ4v) is 5.93. The second-order valence-electron chi connectivity index (χ2n) is 6.29. The Bertz CT molecular complexity index is 893. The van der Waals surface area contributed by atoms with E-state index in [2.05, 4.69) is 6.07 Å². The van der Waals surface area contributed by atoms with Crippen molar-refractivity contribution >= 4 is 50.5 Å². The largest absolute Gasteiger partial charge is 0.340 e. The fourth-order valence-electron chi connectivity index (χ4n) is 3.02. The van der Waals surface area contributed by atoms with Gasteiger partial charge in [0, 0.05) is 42.5 Å². The molecule has 1 aromatic heterocycles. The van der Waals surface area contributed by atoms with Gasteiger partial charge in [-0.2, -0.15) is 4.31 Å². The lowest BCUT2D eigenvalue weighted by Crippen LogP contribution is -2.50. The van der Waals surface area contributed by atoms with E-state index in [9.17, 15) is 13.2 Å². The summed E-state index contributed by atoms with van der Waals surface area (Å²) in [5.41, 5.74) is 0. The Kier molecular flexibility index (Phi) is 6.81. The molecule has 0 bridgehead atoms. The number of thiophene rings is 1. The molecule has 1 fully saturated rings. The van der Waals surface area contributed by atoms with Crippen LogP contribution in [0.1, 0.15) is 17.7 Å². The lowest BCUT2D eigenvalue weighted by atomic mass is 10.2. The Hall–Kier alpha value is -1.12. The zero-order valence-electron chi connectivity index (χ0n) is 14.6. The number of nitrogens with zero attached hydrogens (tertiary/aromatic N) is 2. The van der Waals surface area contributed by atoms with Gasteiger partial charge >= 0.3 is 0 Å². The zero-order chi connectivity index (χ0) is 19.4. The van der Waals surface area contributed by atoms with Crippen LogP contribution in [-0.2, 0) is 21.2 Å². The topological polar surface area (TPSA) is 57.7 Å². The molecule has 1 aliphatic heterocycles. The van der Waals surface area contributed by atoms with Gasteiger partial charge in [0.25, 0.3) is 0 Å². The van der Waals surface area contributed by atoms with Gasteiger partial charge in [0.05, 0.1) is 5.02 Å². The molecule has 3 rings (SSSR count). The van der Waals surface area contributed by atoms with E-state index >= 15 is 0 Å². The van der Waals surface area contributed by atoms with Crippen LogP contribution in [0.4, 0.5) is 0 Å². The number of hydrogen-bond acceptors (Lipinski definition) is 4. The van der Waals surface area contributed by atoms with Gasteiger partial charge in [-0.15, -0.1) is 11.3 Å². The summed E-state index contributed by atoms with van der Waals surface area (Å²) in [6.45, 7) is 1.27. The van der Waals surface area contributed by atoms with Crippen LogP contribution in [0.5, 0.6) is 0 Å². The normalized spacial score (nSPS) is 15.9. The maximum atomic E-state index is 12.8. The summed E-state index contributed by atoms with van der Waals surface area (Å²) in [5, 5.41) is 2.49. The number of benzene rings is 1. The van der Waals surface area contributed by atoms with Gasteiger partial charge in [-0.3, -0.25) is 4.79 Å². The quantitative estimate of drug-likeness (QED) is 0.675. The van der Waals surface area contributed by atoms with Crippen LogP contribution in [0.2, 0.25) is 10.0 Å². The van der Waals surface area contributed by atoms with E-state index < -0.39 is 10.0 Å². The highest BCUT2D eigenvalue weighted by Crippen LogP contribution is 2.28. The highest BCUT2D eigenvalue weighted by Gasteiger charge is 2.31. The average molecular weight is 447 g/mol. The molecule has 0 radical (unpaired) electrons. The third-order valence-electron chi connectivity index (χ3n) is 4.50. The monoisotopic (exact) mass is 446 g/mol. The van der Waals surface area contributed by atoms with Gasteiger partial charge in [-0.05, 0) is 42.5 Å². The second kappa shape index (κ2) is 8.92. The number of rotatable bonds is 6. The van der Waals surface area contributed by atoms with Crippen LogP contribution in [0, 0.1) is 0 Å². The summed E-state index contributed by atoms with van der Waals surface area (Å²) < 4.78 is 27.0. The maximum Gasteiger partial charge on any atom is 0.244 e. The van der Waals surface area contributed by atoms with Gasteiger partial charge in [0.2, 0.25) is 15.9 Å². The third kappa shape index (κ3) is 5.03. The van der Waals surface area contributed by atoms with Crippen molar-refractivity contribution in [2.75, 3.05) is 26.2 Å². The van der Waals surface area contributed by atoms with Crippen LogP contribution in [0.15, 0.2) is 40.6 Å². The van der Waals surface area contributed by atoms with Crippen molar-refractivity contribution in [2.24, 2.45) is 0 Å². The van der Waals surface area contributed by atoms with E-state index in [0.29, 0.717) is 24.5 Å². The van der Waals surface area contributed by atoms with Crippen LogP contribution in [0.3, 0.4) is 0 Å². The first-order valence-electron chi connectivity index (χ1n) is 8.63. The Morgan fingerprint density at radius 3 is 2.52 bits per heavy atom. The van der Waals surface area contributed by atoms with E-state index in [1.54, 1.807) is 22.3 Å². The molecule has 1 aromatic carbocycles. The minimum atomic E-state index is -3.73. The molecule has 0 saturated carbocycles. The molecular formula is C18H20Cl2N2O3S2. The molecule has 9 heteroatoms. The molecular weight excluding hydrogens is 427 g/mol. The number of aryl methyl sites for hydroxylation is 1. The fraction of sp³-hybridized carbons (Fsp3) is 0.389. The SMILES string of the molecule is O=C(CCCc1cccs1)N1CCN(S(=O)(=O)c2cc(Cl)ccc2Cl)CC1. The van der Waals surface area contributed by atoms with Crippen molar-refractivity contribution in [2.45, 2.75) is 24.2 Å². The molecule has 0 N–H and O–H groups in total. The van der Waals surface area contributed by atoms with Crippen molar-refractivity contribution in [1.29, 1.82) is 0 Å². The highest BCUT2D eigenvalue weighted by molar-refractivity contribution is 7.89. The van der Waals surface area contributed by atoms with Crippen molar-refractivity contribution in [3.63, 3.8) is 0 Å². The lowest BCUT2D eigenvalue weighted by molar-refractivity contribution is -0.132. The van der Waals surface area contributed by atoms with Crippen molar-refractivity contribution in [3.05, 3.63) is 50.6 Å². The first kappa shape index (κ1) is 20.6. The minimum Gasteiger partial charge on any atom is -0.340 e. The van der Waals surface area contributed by atoms with Crippen molar-refractivity contribution in [3.8, 4) is 0 Å². The predicted molar refractivity (Wildman–Crippen MR) is 109 cm³/mol. The lowest BCUT2D eigenvalue weighted by Gasteiger charge is -2.34. The molecule has 2 heterocycles. The van der Waals surface area contributed by atoms with Crippen LogP contribution in [-0.4, -0.2) is 49.7 Å². The predicted octanol–water partition coefficient (Wildman–Crippen LogP) is 3.91. The number of halogens is 2. The number of piperazine rings is 1. The van der Waals surface area contributed by atoms with Crippen molar-refractivity contribution < 1.29 is 13.2 Å². The van der Waals surface area contributed by atoms with Gasteiger partial charge in [-0.25, -0.2) is 8.42 Å². The van der Waals surface area contributed by atoms with E-state index in [4.69, 9.17) is 23.2 Å². The molecule has 1 saturated heterocycles. The van der Waals surface area contributed by atoms with E-state index in [1.165, 1.54) is 21.3 Å². The van der Waals surface area contributed by atoms with E-state index in [1.807, 2.05) is 11.4 Å². The van der Waals surface area contributed by atoms with Crippen LogP contribution >= 0.6 is 34.5 Å². The summed E-state index contributed by atoms with van der Waals surface area (Å²) in [5.74, 6) is 0.0735. The Balaban J connectivity index is 1.54. The Labute approximate surface area is 173 Å². The highest BCUT2D eigenvalue weighted by atomic mass is 35.5. The molecule has 5 nitrogen and oxygen atoms in total. The molecule has 1 amide bonds. The van der Waals surface area contributed by atoms with Gasteiger partial charge in [-0.1, -0.05) is 29.3 Å². The van der Waals surface area contributed by atoms with Gasteiger partial charge in [0.1, 0.15) is 4.90 Å². The van der Waals surface area contributed by atoms with Gasteiger partial charge in [0.15, 0.2) is 0 Å². The molecule has 0 spiro atoms. The number of hydrogen-bond donors (Lipinski definition) is 0. The number of carbonyl (C=O) groups is 1. The summed E-state index contributed by atoms with van der Waals surface area (Å²) >= 11 is 13.7. The zero-order valence-corrected chi connectivity index (χ0v) is 17.8. The molecule has 0 atom stereocenters. The second-order valence-corrected chi connectivity index (χ2v) is 10.1. The van der Waals surface area contributed by atoms with Crippen LogP contribution in [0.25, 0.3) is 0 Å². The number of amides is 1. The molecule has 146 valence electrons. The average Bonchev–Trinajstić information content (AvgIpc) is 3.17. The molecule has 0 aliphatic carbocycles. The Morgan fingerprint density at radius 1 is 1.11 bits per heavy atom.